The summed E-state index contributed by atoms with van der Waals surface area (Å²) in [6.45, 7) is 6.41. The van der Waals surface area contributed by atoms with Gasteiger partial charge in [-0.25, -0.2) is 4.39 Å². The third-order valence-corrected chi connectivity index (χ3v) is 4.90. The van der Waals surface area contributed by atoms with Gasteiger partial charge in [0.2, 0.25) is 0 Å². The van der Waals surface area contributed by atoms with Gasteiger partial charge in [-0.1, -0.05) is 36.4 Å². The number of para-hydroxylation sites is 1. The molecule has 4 nitrogen and oxygen atoms in total. The summed E-state index contributed by atoms with van der Waals surface area (Å²) in [6.07, 6.45) is 1.02. The fraction of sp³-hybridized carbons (Fsp3) is 0.381. The first-order valence-corrected chi connectivity index (χ1v) is 8.91. The molecule has 26 heavy (non-hydrogen) atoms. The number of rotatable bonds is 6. The molecule has 1 aliphatic rings. The lowest BCUT2D eigenvalue weighted by Crippen LogP contribution is -2.53. The molecule has 1 aliphatic heterocycles. The Hall–Kier alpha value is -2.40. The number of nitrogens with one attached hydrogen (secondary N) is 1. The lowest BCUT2D eigenvalue weighted by Gasteiger charge is -2.41. The van der Waals surface area contributed by atoms with Crippen molar-refractivity contribution >= 4 is 5.91 Å². The van der Waals surface area contributed by atoms with Gasteiger partial charge >= 0.3 is 0 Å². The molecule has 0 saturated heterocycles. The molecule has 0 aromatic heterocycles. The molecular formula is C21H25FN2O2. The normalized spacial score (nSPS) is 14.6. The van der Waals surface area contributed by atoms with E-state index in [1.807, 2.05) is 0 Å². The van der Waals surface area contributed by atoms with E-state index in [2.05, 4.69) is 48.3 Å². The Morgan fingerprint density at radius 3 is 2.62 bits per heavy atom. The largest absolute Gasteiger partial charge is 0.481 e. The number of hydrogen-bond donors (Lipinski definition) is 1. The van der Waals surface area contributed by atoms with E-state index in [9.17, 15) is 9.18 Å². The van der Waals surface area contributed by atoms with Crippen molar-refractivity contribution in [1.82, 2.24) is 10.2 Å². The Morgan fingerprint density at radius 2 is 1.85 bits per heavy atom. The predicted molar refractivity (Wildman–Crippen MR) is 99.5 cm³/mol. The Labute approximate surface area is 154 Å². The average molecular weight is 356 g/mol. The Kier molecular flexibility index (Phi) is 5.57. The van der Waals surface area contributed by atoms with Gasteiger partial charge in [0.25, 0.3) is 5.91 Å². The number of ether oxygens (including phenoxy) is 1. The molecule has 138 valence electrons. The summed E-state index contributed by atoms with van der Waals surface area (Å²) in [6, 6.07) is 14.6. The monoisotopic (exact) mass is 356 g/mol. The van der Waals surface area contributed by atoms with E-state index in [4.69, 9.17) is 4.74 Å². The van der Waals surface area contributed by atoms with E-state index in [0.29, 0.717) is 6.54 Å². The summed E-state index contributed by atoms with van der Waals surface area (Å²) in [5.41, 5.74) is 2.57. The third-order valence-electron chi connectivity index (χ3n) is 4.90. The smallest absolute Gasteiger partial charge is 0.258 e. The van der Waals surface area contributed by atoms with Crippen LogP contribution < -0.4 is 10.1 Å². The standard InChI is InChI=1S/C21H25FN2O2/c1-21(2,24-12-11-16-7-3-4-8-17(16)13-24)15-23-20(25)14-26-19-10-6-5-9-18(19)22/h3-10H,11-15H2,1-2H3,(H,23,25). The van der Waals surface area contributed by atoms with Gasteiger partial charge in [0.05, 0.1) is 0 Å². The highest BCUT2D eigenvalue weighted by Gasteiger charge is 2.30. The molecule has 0 radical (unpaired) electrons. The Morgan fingerprint density at radius 1 is 1.15 bits per heavy atom. The van der Waals surface area contributed by atoms with Crippen LogP contribution in [0.3, 0.4) is 0 Å². The zero-order chi connectivity index (χ0) is 18.6. The maximum Gasteiger partial charge on any atom is 0.258 e. The Bertz CT molecular complexity index is 776. The van der Waals surface area contributed by atoms with Crippen molar-refractivity contribution in [3.63, 3.8) is 0 Å². The zero-order valence-corrected chi connectivity index (χ0v) is 15.3. The summed E-state index contributed by atoms with van der Waals surface area (Å²) in [4.78, 5) is 14.5. The van der Waals surface area contributed by atoms with Crippen LogP contribution in [-0.2, 0) is 17.8 Å². The van der Waals surface area contributed by atoms with Gasteiger partial charge in [-0.15, -0.1) is 0 Å². The zero-order valence-electron chi connectivity index (χ0n) is 15.3. The molecule has 0 saturated carbocycles. The maximum absolute atomic E-state index is 13.5. The molecule has 1 heterocycles. The summed E-state index contributed by atoms with van der Waals surface area (Å²) < 4.78 is 18.8. The van der Waals surface area contributed by atoms with E-state index in [0.717, 1.165) is 19.5 Å². The van der Waals surface area contributed by atoms with Crippen molar-refractivity contribution in [2.75, 3.05) is 19.7 Å². The molecule has 1 amide bonds. The summed E-state index contributed by atoms with van der Waals surface area (Å²) in [5, 5.41) is 2.91. The van der Waals surface area contributed by atoms with Crippen LogP contribution in [0.4, 0.5) is 4.39 Å². The van der Waals surface area contributed by atoms with E-state index in [-0.39, 0.29) is 23.8 Å². The van der Waals surface area contributed by atoms with Crippen molar-refractivity contribution < 1.29 is 13.9 Å². The number of carbonyl (C=O) groups is 1. The van der Waals surface area contributed by atoms with Gasteiger partial charge in [-0.3, -0.25) is 9.69 Å². The molecule has 2 aromatic carbocycles. The maximum atomic E-state index is 13.5. The summed E-state index contributed by atoms with van der Waals surface area (Å²) in [7, 11) is 0. The van der Waals surface area contributed by atoms with Gasteiger partial charge in [-0.05, 0) is 43.5 Å². The fourth-order valence-electron chi connectivity index (χ4n) is 3.20. The number of carbonyl (C=O) groups excluding carboxylic acids is 1. The highest BCUT2D eigenvalue weighted by Crippen LogP contribution is 2.25. The number of halogens is 1. The summed E-state index contributed by atoms with van der Waals surface area (Å²) >= 11 is 0. The SMILES string of the molecule is CC(C)(CNC(=O)COc1ccccc1F)N1CCc2ccccc2C1. The first-order chi connectivity index (χ1) is 12.5. The molecule has 0 atom stereocenters. The predicted octanol–water partition coefficient (Wildman–Crippen LogP) is 3.16. The first-order valence-electron chi connectivity index (χ1n) is 8.91. The highest BCUT2D eigenvalue weighted by atomic mass is 19.1. The second-order valence-corrected chi connectivity index (χ2v) is 7.25. The van der Waals surface area contributed by atoms with Crippen molar-refractivity contribution in [3.05, 3.63) is 65.5 Å². The molecule has 0 aliphatic carbocycles. The van der Waals surface area contributed by atoms with Gasteiger partial charge < -0.3 is 10.1 Å². The van der Waals surface area contributed by atoms with Crippen molar-refractivity contribution in [1.29, 1.82) is 0 Å². The van der Waals surface area contributed by atoms with Crippen molar-refractivity contribution in [2.24, 2.45) is 0 Å². The lowest BCUT2D eigenvalue weighted by atomic mass is 9.94. The van der Waals surface area contributed by atoms with Gasteiger partial charge in [-0.2, -0.15) is 0 Å². The molecule has 2 aromatic rings. The number of nitrogens with zero attached hydrogens (tertiary/aromatic N) is 1. The molecule has 0 spiro atoms. The minimum atomic E-state index is -0.465. The second kappa shape index (κ2) is 7.87. The van der Waals surface area contributed by atoms with Gasteiger partial charge in [0, 0.05) is 25.2 Å². The number of benzene rings is 2. The van der Waals surface area contributed by atoms with E-state index in [1.54, 1.807) is 12.1 Å². The third kappa shape index (κ3) is 4.41. The van der Waals surface area contributed by atoms with Crippen LogP contribution in [0.15, 0.2) is 48.5 Å². The molecule has 0 fully saturated rings. The first kappa shape index (κ1) is 18.4. The lowest BCUT2D eigenvalue weighted by molar-refractivity contribution is -0.123. The molecule has 3 rings (SSSR count). The van der Waals surface area contributed by atoms with E-state index in [1.165, 1.54) is 23.3 Å². The van der Waals surface area contributed by atoms with Gasteiger partial charge in [0.15, 0.2) is 18.2 Å². The molecule has 0 bridgehead atoms. The average Bonchev–Trinajstić information content (AvgIpc) is 2.65. The fourth-order valence-corrected chi connectivity index (χ4v) is 3.20. The molecular weight excluding hydrogens is 331 g/mol. The van der Waals surface area contributed by atoms with Crippen LogP contribution in [0.25, 0.3) is 0 Å². The van der Waals surface area contributed by atoms with Crippen LogP contribution in [0, 0.1) is 5.82 Å². The summed E-state index contributed by atoms with van der Waals surface area (Å²) in [5.74, 6) is -0.624. The topological polar surface area (TPSA) is 41.6 Å². The second-order valence-electron chi connectivity index (χ2n) is 7.25. The van der Waals surface area contributed by atoms with Crippen molar-refractivity contribution in [2.45, 2.75) is 32.4 Å². The van der Waals surface area contributed by atoms with Crippen LogP contribution in [-0.4, -0.2) is 36.0 Å². The van der Waals surface area contributed by atoms with E-state index >= 15 is 0 Å². The Balaban J connectivity index is 1.50. The quantitative estimate of drug-likeness (QED) is 0.864. The van der Waals surface area contributed by atoms with Crippen LogP contribution in [0.1, 0.15) is 25.0 Å². The van der Waals surface area contributed by atoms with Gasteiger partial charge in [0.1, 0.15) is 0 Å². The minimum Gasteiger partial charge on any atom is -0.481 e. The number of fused-ring (bicyclic) bond motifs is 1. The molecule has 1 N–H and O–H groups in total. The van der Waals surface area contributed by atoms with Crippen LogP contribution in [0.5, 0.6) is 5.75 Å². The molecule has 5 heteroatoms. The minimum absolute atomic E-state index is 0.0922. The number of amides is 1. The van der Waals surface area contributed by atoms with Crippen molar-refractivity contribution in [3.8, 4) is 5.75 Å². The highest BCUT2D eigenvalue weighted by molar-refractivity contribution is 5.77. The van der Waals surface area contributed by atoms with Crippen LogP contribution in [0.2, 0.25) is 0 Å². The van der Waals surface area contributed by atoms with E-state index < -0.39 is 5.82 Å². The van der Waals surface area contributed by atoms with Crippen LogP contribution >= 0.6 is 0 Å². The number of hydrogen-bond acceptors (Lipinski definition) is 3. The molecule has 0 unspecified atom stereocenters.